The molecule has 0 unspecified atom stereocenters. The van der Waals surface area contributed by atoms with Crippen LogP contribution in [0.25, 0.3) is 0 Å². The Morgan fingerprint density at radius 1 is 1.31 bits per heavy atom. The van der Waals surface area contributed by atoms with E-state index in [1.807, 2.05) is 30.3 Å². The minimum absolute atomic E-state index is 0.0849. The van der Waals surface area contributed by atoms with Crippen LogP contribution in [-0.2, 0) is 0 Å². The maximum absolute atomic E-state index is 8.50. The molecule has 1 N–H and O–H groups in total. The van der Waals surface area contributed by atoms with Crippen LogP contribution in [0.2, 0.25) is 0 Å². The molecule has 86 valence electrons. The SMILES string of the molecule is CCC(CC)Nc1ccccc1OCC#N. The molecular weight excluding hydrogens is 200 g/mol. The number of anilines is 1. The van der Waals surface area contributed by atoms with E-state index in [1.165, 1.54) is 0 Å². The van der Waals surface area contributed by atoms with Crippen molar-refractivity contribution >= 4 is 5.69 Å². The van der Waals surface area contributed by atoms with Gasteiger partial charge in [-0.15, -0.1) is 0 Å². The first-order valence-corrected chi connectivity index (χ1v) is 5.67. The Hall–Kier alpha value is -1.69. The van der Waals surface area contributed by atoms with Crippen molar-refractivity contribution in [3.63, 3.8) is 0 Å². The molecule has 0 aliphatic rings. The summed E-state index contributed by atoms with van der Waals surface area (Å²) in [7, 11) is 0. The maximum atomic E-state index is 8.50. The number of nitrogens with zero attached hydrogens (tertiary/aromatic N) is 1. The smallest absolute Gasteiger partial charge is 0.174 e. The molecule has 0 aromatic heterocycles. The number of hydrogen-bond acceptors (Lipinski definition) is 3. The molecular formula is C13H18N2O. The highest BCUT2D eigenvalue weighted by atomic mass is 16.5. The fraction of sp³-hybridized carbons (Fsp3) is 0.462. The Balaban J connectivity index is 2.74. The van der Waals surface area contributed by atoms with Crippen LogP contribution in [0.3, 0.4) is 0 Å². The van der Waals surface area contributed by atoms with Crippen molar-refractivity contribution in [2.45, 2.75) is 32.7 Å². The zero-order valence-corrected chi connectivity index (χ0v) is 9.86. The van der Waals surface area contributed by atoms with Gasteiger partial charge in [-0.1, -0.05) is 26.0 Å². The largest absolute Gasteiger partial charge is 0.477 e. The van der Waals surface area contributed by atoms with Gasteiger partial charge in [-0.05, 0) is 25.0 Å². The number of ether oxygens (including phenoxy) is 1. The molecule has 0 bridgehead atoms. The van der Waals surface area contributed by atoms with Gasteiger partial charge in [0.15, 0.2) is 6.61 Å². The van der Waals surface area contributed by atoms with Crippen LogP contribution < -0.4 is 10.1 Å². The molecule has 16 heavy (non-hydrogen) atoms. The molecule has 0 heterocycles. The lowest BCUT2D eigenvalue weighted by atomic mass is 10.1. The van der Waals surface area contributed by atoms with E-state index < -0.39 is 0 Å². The monoisotopic (exact) mass is 218 g/mol. The number of benzene rings is 1. The first kappa shape index (κ1) is 12.4. The lowest BCUT2D eigenvalue weighted by molar-refractivity contribution is 0.369. The lowest BCUT2D eigenvalue weighted by Crippen LogP contribution is -2.17. The number of nitriles is 1. The molecule has 1 rings (SSSR count). The number of nitrogens with one attached hydrogen (secondary N) is 1. The highest BCUT2D eigenvalue weighted by molar-refractivity contribution is 5.56. The average Bonchev–Trinajstić information content (AvgIpc) is 2.34. The summed E-state index contributed by atoms with van der Waals surface area (Å²) in [5.41, 5.74) is 0.964. The Morgan fingerprint density at radius 3 is 2.62 bits per heavy atom. The van der Waals surface area contributed by atoms with Crippen molar-refractivity contribution in [3.05, 3.63) is 24.3 Å². The van der Waals surface area contributed by atoms with E-state index in [2.05, 4.69) is 19.2 Å². The summed E-state index contributed by atoms with van der Waals surface area (Å²) < 4.78 is 5.35. The molecule has 3 heteroatoms. The van der Waals surface area contributed by atoms with Crippen molar-refractivity contribution in [2.24, 2.45) is 0 Å². The van der Waals surface area contributed by atoms with Gasteiger partial charge in [0.2, 0.25) is 0 Å². The van der Waals surface area contributed by atoms with Gasteiger partial charge in [0.1, 0.15) is 11.8 Å². The molecule has 0 saturated carbocycles. The van der Waals surface area contributed by atoms with Gasteiger partial charge >= 0.3 is 0 Å². The van der Waals surface area contributed by atoms with Crippen LogP contribution in [0.1, 0.15) is 26.7 Å². The van der Waals surface area contributed by atoms with Crippen LogP contribution in [0.5, 0.6) is 5.75 Å². The van der Waals surface area contributed by atoms with E-state index in [1.54, 1.807) is 0 Å². The lowest BCUT2D eigenvalue weighted by Gasteiger charge is -2.18. The van der Waals surface area contributed by atoms with E-state index in [-0.39, 0.29) is 6.61 Å². The fourth-order valence-electron chi connectivity index (χ4n) is 1.53. The molecule has 0 aliphatic carbocycles. The number of rotatable bonds is 6. The van der Waals surface area contributed by atoms with Gasteiger partial charge < -0.3 is 10.1 Å². The first-order valence-electron chi connectivity index (χ1n) is 5.67. The second-order valence-corrected chi connectivity index (χ2v) is 3.60. The van der Waals surface area contributed by atoms with Gasteiger partial charge in [-0.3, -0.25) is 0 Å². The highest BCUT2D eigenvalue weighted by Gasteiger charge is 2.07. The van der Waals surface area contributed by atoms with Crippen LogP contribution in [0, 0.1) is 11.3 Å². The molecule has 3 nitrogen and oxygen atoms in total. The van der Waals surface area contributed by atoms with Gasteiger partial charge in [-0.2, -0.15) is 5.26 Å². The standard InChI is InChI=1S/C13H18N2O/c1-3-11(4-2)15-12-7-5-6-8-13(12)16-10-9-14/h5-8,11,15H,3-4,10H2,1-2H3. The van der Waals surface area contributed by atoms with Crippen molar-refractivity contribution in [1.82, 2.24) is 0 Å². The second-order valence-electron chi connectivity index (χ2n) is 3.60. The normalized spacial score (nSPS) is 9.88. The number of para-hydroxylation sites is 2. The Labute approximate surface area is 97.0 Å². The Morgan fingerprint density at radius 2 is 2.00 bits per heavy atom. The zero-order chi connectivity index (χ0) is 11.8. The van der Waals surface area contributed by atoms with E-state index >= 15 is 0 Å². The molecule has 1 aromatic rings. The molecule has 0 atom stereocenters. The quantitative estimate of drug-likeness (QED) is 0.797. The summed E-state index contributed by atoms with van der Waals surface area (Å²) in [5.74, 6) is 0.746. The summed E-state index contributed by atoms with van der Waals surface area (Å²) in [6, 6.07) is 10.1. The maximum Gasteiger partial charge on any atom is 0.174 e. The molecule has 0 fully saturated rings. The molecule has 0 amide bonds. The minimum atomic E-state index is 0.0849. The molecule has 0 radical (unpaired) electrons. The van der Waals surface area contributed by atoms with Gasteiger partial charge in [-0.25, -0.2) is 0 Å². The third kappa shape index (κ3) is 3.47. The molecule has 0 saturated heterocycles. The van der Waals surface area contributed by atoms with E-state index in [0.717, 1.165) is 24.3 Å². The summed E-state index contributed by atoms with van der Waals surface area (Å²) >= 11 is 0. The summed E-state index contributed by atoms with van der Waals surface area (Å²) in [6.07, 6.45) is 2.15. The highest BCUT2D eigenvalue weighted by Crippen LogP contribution is 2.25. The number of hydrogen-bond donors (Lipinski definition) is 1. The van der Waals surface area contributed by atoms with Gasteiger partial charge in [0.05, 0.1) is 5.69 Å². The minimum Gasteiger partial charge on any atom is -0.477 e. The fourth-order valence-corrected chi connectivity index (χ4v) is 1.53. The van der Waals surface area contributed by atoms with Gasteiger partial charge in [0.25, 0.3) is 0 Å². The third-order valence-corrected chi connectivity index (χ3v) is 2.52. The van der Waals surface area contributed by atoms with Crippen LogP contribution in [0.15, 0.2) is 24.3 Å². The molecule has 0 spiro atoms. The molecule has 1 aromatic carbocycles. The summed E-state index contributed by atoms with van der Waals surface area (Å²) in [4.78, 5) is 0. The van der Waals surface area contributed by atoms with E-state index in [0.29, 0.717) is 6.04 Å². The second kappa shape index (κ2) is 6.73. The van der Waals surface area contributed by atoms with Crippen molar-refractivity contribution in [2.75, 3.05) is 11.9 Å². The van der Waals surface area contributed by atoms with Crippen molar-refractivity contribution < 1.29 is 4.74 Å². The first-order chi connectivity index (χ1) is 7.81. The summed E-state index contributed by atoms with van der Waals surface area (Å²) in [5, 5.41) is 11.9. The van der Waals surface area contributed by atoms with Crippen molar-refractivity contribution in [3.8, 4) is 11.8 Å². The van der Waals surface area contributed by atoms with Crippen LogP contribution >= 0.6 is 0 Å². The predicted molar refractivity (Wildman–Crippen MR) is 65.5 cm³/mol. The third-order valence-electron chi connectivity index (χ3n) is 2.52. The predicted octanol–water partition coefficient (Wildman–Crippen LogP) is 3.19. The van der Waals surface area contributed by atoms with E-state index in [9.17, 15) is 0 Å². The van der Waals surface area contributed by atoms with Crippen LogP contribution in [0.4, 0.5) is 5.69 Å². The Kier molecular flexibility index (Phi) is 5.21. The van der Waals surface area contributed by atoms with Gasteiger partial charge in [0, 0.05) is 6.04 Å². The zero-order valence-electron chi connectivity index (χ0n) is 9.86. The Bertz CT molecular complexity index is 353. The van der Waals surface area contributed by atoms with Crippen molar-refractivity contribution in [1.29, 1.82) is 5.26 Å². The van der Waals surface area contributed by atoms with E-state index in [4.69, 9.17) is 10.00 Å². The average molecular weight is 218 g/mol. The summed E-state index contributed by atoms with van der Waals surface area (Å²) in [6.45, 7) is 4.39. The van der Waals surface area contributed by atoms with Crippen LogP contribution in [-0.4, -0.2) is 12.6 Å². The molecule has 0 aliphatic heterocycles. The topological polar surface area (TPSA) is 45.0 Å².